The minimum Gasteiger partial charge on any atom is -0.370 e. The fourth-order valence-corrected chi connectivity index (χ4v) is 4.13. The van der Waals surface area contributed by atoms with Crippen LogP contribution in [-0.4, -0.2) is 23.4 Å². The minimum absolute atomic E-state index is 0.0391. The average Bonchev–Trinajstić information content (AvgIpc) is 3.21. The zero-order valence-corrected chi connectivity index (χ0v) is 12.4. The van der Waals surface area contributed by atoms with Crippen molar-refractivity contribution in [2.75, 3.05) is 6.54 Å². The fraction of sp³-hybridized carbons (Fsp3) is 0.588. The van der Waals surface area contributed by atoms with Crippen molar-refractivity contribution in [2.24, 2.45) is 10.7 Å². The van der Waals surface area contributed by atoms with Crippen LogP contribution in [0.3, 0.4) is 0 Å². The van der Waals surface area contributed by atoms with E-state index < -0.39 is 0 Å². The van der Waals surface area contributed by atoms with Crippen molar-refractivity contribution in [3.8, 4) is 0 Å². The van der Waals surface area contributed by atoms with Gasteiger partial charge in [0.05, 0.1) is 12.1 Å². The van der Waals surface area contributed by atoms with Crippen LogP contribution in [0.4, 0.5) is 0 Å². The highest BCUT2D eigenvalue weighted by atomic mass is 15.4. The second kappa shape index (κ2) is 3.78. The molecular weight excluding hydrogens is 246 g/mol. The fourth-order valence-electron chi connectivity index (χ4n) is 4.13. The van der Waals surface area contributed by atoms with E-state index in [2.05, 4.69) is 48.0 Å². The normalized spacial score (nSPS) is 31.3. The summed E-state index contributed by atoms with van der Waals surface area (Å²) in [6.07, 6.45) is 4.90. The van der Waals surface area contributed by atoms with Crippen molar-refractivity contribution >= 4 is 5.96 Å². The third-order valence-corrected chi connectivity index (χ3v) is 5.44. The number of nitrogens with zero attached hydrogens (tertiary/aromatic N) is 2. The summed E-state index contributed by atoms with van der Waals surface area (Å²) in [5.41, 5.74) is 9.48. The van der Waals surface area contributed by atoms with E-state index in [0.29, 0.717) is 6.04 Å². The molecule has 0 amide bonds. The van der Waals surface area contributed by atoms with Crippen LogP contribution in [0.15, 0.2) is 29.3 Å². The molecule has 106 valence electrons. The van der Waals surface area contributed by atoms with Crippen LogP contribution in [0.25, 0.3) is 0 Å². The first-order valence-electron chi connectivity index (χ1n) is 7.74. The summed E-state index contributed by atoms with van der Waals surface area (Å²) < 4.78 is 0. The Balaban J connectivity index is 1.88. The number of guanidine groups is 1. The molecule has 1 aromatic carbocycles. The Kier molecular flexibility index (Phi) is 2.31. The van der Waals surface area contributed by atoms with Crippen molar-refractivity contribution in [1.29, 1.82) is 0 Å². The summed E-state index contributed by atoms with van der Waals surface area (Å²) in [5.74, 6) is 0.766. The first kappa shape index (κ1) is 12.2. The van der Waals surface area contributed by atoms with Gasteiger partial charge < -0.3 is 10.6 Å². The molecule has 4 rings (SSSR count). The summed E-state index contributed by atoms with van der Waals surface area (Å²) in [6, 6.07) is 9.56. The van der Waals surface area contributed by atoms with Crippen LogP contribution in [0.1, 0.15) is 50.7 Å². The maximum atomic E-state index is 6.23. The third-order valence-electron chi connectivity index (χ3n) is 5.44. The molecule has 1 saturated carbocycles. The second-order valence-corrected chi connectivity index (χ2v) is 7.24. The van der Waals surface area contributed by atoms with Gasteiger partial charge in [0.2, 0.25) is 0 Å². The minimum atomic E-state index is 0.0391. The topological polar surface area (TPSA) is 41.6 Å². The lowest BCUT2D eigenvalue weighted by Gasteiger charge is -2.48. The van der Waals surface area contributed by atoms with Gasteiger partial charge in [-0.15, -0.1) is 0 Å². The van der Waals surface area contributed by atoms with Gasteiger partial charge in [0.25, 0.3) is 0 Å². The number of benzene rings is 1. The van der Waals surface area contributed by atoms with Crippen molar-refractivity contribution in [3.05, 3.63) is 35.4 Å². The molecule has 1 aromatic rings. The molecule has 1 aliphatic heterocycles. The number of fused-ring (bicyclic) bond motifs is 2. The summed E-state index contributed by atoms with van der Waals surface area (Å²) >= 11 is 0. The van der Waals surface area contributed by atoms with Crippen LogP contribution in [0, 0.1) is 0 Å². The molecular formula is C17H23N3. The largest absolute Gasteiger partial charge is 0.370 e. The molecule has 2 aliphatic carbocycles. The van der Waals surface area contributed by atoms with Gasteiger partial charge in [-0.3, -0.25) is 4.99 Å². The highest BCUT2D eigenvalue weighted by molar-refractivity contribution is 5.82. The Hall–Kier alpha value is -1.51. The molecule has 20 heavy (non-hydrogen) atoms. The lowest BCUT2D eigenvalue weighted by molar-refractivity contribution is 0.144. The highest BCUT2D eigenvalue weighted by Gasteiger charge is 2.53. The summed E-state index contributed by atoms with van der Waals surface area (Å²) in [4.78, 5) is 7.07. The molecule has 2 N–H and O–H groups in total. The van der Waals surface area contributed by atoms with Crippen LogP contribution < -0.4 is 5.73 Å². The van der Waals surface area contributed by atoms with Crippen molar-refractivity contribution in [3.63, 3.8) is 0 Å². The summed E-state index contributed by atoms with van der Waals surface area (Å²) in [5, 5.41) is 0. The smallest absolute Gasteiger partial charge is 0.192 e. The molecule has 0 aromatic heterocycles. The van der Waals surface area contributed by atoms with E-state index in [0.717, 1.165) is 18.9 Å². The van der Waals surface area contributed by atoms with Crippen molar-refractivity contribution in [2.45, 2.75) is 56.5 Å². The first-order valence-corrected chi connectivity index (χ1v) is 7.74. The molecule has 1 fully saturated rings. The molecule has 0 bridgehead atoms. The zero-order valence-electron chi connectivity index (χ0n) is 12.4. The van der Waals surface area contributed by atoms with Gasteiger partial charge in [0, 0.05) is 6.04 Å². The van der Waals surface area contributed by atoms with E-state index in [1.807, 2.05) is 0 Å². The van der Waals surface area contributed by atoms with Crippen molar-refractivity contribution in [1.82, 2.24) is 4.90 Å². The Labute approximate surface area is 120 Å². The Morgan fingerprint density at radius 2 is 1.85 bits per heavy atom. The molecule has 1 heterocycles. The third kappa shape index (κ3) is 1.49. The molecule has 1 spiro atoms. The Morgan fingerprint density at radius 3 is 2.55 bits per heavy atom. The van der Waals surface area contributed by atoms with Gasteiger partial charge in [0.15, 0.2) is 5.96 Å². The van der Waals surface area contributed by atoms with Gasteiger partial charge in [-0.2, -0.15) is 0 Å². The Morgan fingerprint density at radius 1 is 1.15 bits per heavy atom. The number of hydrogen-bond acceptors (Lipinski definition) is 3. The molecule has 3 heteroatoms. The number of nitrogens with two attached hydrogens (primary N) is 1. The van der Waals surface area contributed by atoms with Crippen LogP contribution in [0.5, 0.6) is 0 Å². The van der Waals surface area contributed by atoms with Gasteiger partial charge in [-0.05, 0) is 42.2 Å². The summed E-state index contributed by atoms with van der Waals surface area (Å²) in [6.45, 7) is 5.56. The molecule has 1 unspecified atom stereocenters. The van der Waals surface area contributed by atoms with E-state index in [1.54, 1.807) is 0 Å². The molecule has 1 atom stereocenters. The predicted molar refractivity (Wildman–Crippen MR) is 81.7 cm³/mol. The van der Waals surface area contributed by atoms with E-state index in [4.69, 9.17) is 5.73 Å². The number of rotatable bonds is 1. The predicted octanol–water partition coefficient (Wildman–Crippen LogP) is 2.75. The second-order valence-electron chi connectivity index (χ2n) is 7.24. The highest BCUT2D eigenvalue weighted by Crippen LogP contribution is 2.52. The summed E-state index contributed by atoms with van der Waals surface area (Å²) in [7, 11) is 0. The monoisotopic (exact) mass is 269 g/mol. The number of hydrogen-bond donors (Lipinski definition) is 1. The lowest BCUT2D eigenvalue weighted by Crippen LogP contribution is -2.53. The Bertz CT molecular complexity index is 586. The van der Waals surface area contributed by atoms with Crippen molar-refractivity contribution < 1.29 is 0 Å². The molecule has 3 nitrogen and oxygen atoms in total. The maximum Gasteiger partial charge on any atom is 0.192 e. The van der Waals surface area contributed by atoms with Crippen LogP contribution in [-0.2, 0) is 11.0 Å². The van der Waals surface area contributed by atoms with E-state index in [1.165, 1.54) is 30.4 Å². The van der Waals surface area contributed by atoms with Crippen LogP contribution in [0.2, 0.25) is 0 Å². The van der Waals surface area contributed by atoms with E-state index in [9.17, 15) is 0 Å². The maximum absolute atomic E-state index is 6.23. The first-order chi connectivity index (χ1) is 9.55. The van der Waals surface area contributed by atoms with E-state index >= 15 is 0 Å². The zero-order chi connectivity index (χ0) is 14.0. The molecule has 0 saturated heterocycles. The molecule has 3 aliphatic rings. The van der Waals surface area contributed by atoms with Gasteiger partial charge in [0.1, 0.15) is 0 Å². The van der Waals surface area contributed by atoms with Gasteiger partial charge in [-0.1, -0.05) is 38.1 Å². The standard InChI is InChI=1S/C17H23N3/c1-16(2)9-10-17(14-6-4-3-5-13(14)16)11-19-15(18)20(17)12-7-8-12/h3-6,12H,7-11H2,1-2H3,(H2,18,19). The van der Waals surface area contributed by atoms with Gasteiger partial charge in [-0.25, -0.2) is 0 Å². The molecule has 0 radical (unpaired) electrons. The quantitative estimate of drug-likeness (QED) is 0.851. The van der Waals surface area contributed by atoms with Crippen LogP contribution >= 0.6 is 0 Å². The van der Waals surface area contributed by atoms with Gasteiger partial charge >= 0.3 is 0 Å². The average molecular weight is 269 g/mol. The van der Waals surface area contributed by atoms with E-state index in [-0.39, 0.29) is 11.0 Å². The lowest BCUT2D eigenvalue weighted by atomic mass is 9.65. The SMILES string of the molecule is CC1(C)CCC2(CN=C(N)N2C2CC2)c2ccccc21. The number of aliphatic imine (C=N–C) groups is 1.